The average Bonchev–Trinajstić information content (AvgIpc) is 2.68. The van der Waals surface area contributed by atoms with Gasteiger partial charge >= 0.3 is 0 Å². The fraction of sp³-hybridized carbons (Fsp3) is 0.238. The summed E-state index contributed by atoms with van der Waals surface area (Å²) in [5.41, 5.74) is 0.461. The Bertz CT molecular complexity index is 1150. The summed E-state index contributed by atoms with van der Waals surface area (Å²) in [5.74, 6) is -3.12. The van der Waals surface area contributed by atoms with Crippen LogP contribution in [-0.2, 0) is 4.79 Å². The number of hydrogen-bond donors (Lipinski definition) is 3. The lowest BCUT2D eigenvalue weighted by Gasteiger charge is -2.17. The quantitative estimate of drug-likeness (QED) is 0.579. The van der Waals surface area contributed by atoms with E-state index >= 15 is 0 Å². The number of phenolic OH excluding ortho intramolecular Hbond substituents is 1. The molecule has 0 spiro atoms. The van der Waals surface area contributed by atoms with Gasteiger partial charge < -0.3 is 15.4 Å². The molecule has 1 heterocycles. The molecule has 0 radical (unpaired) electrons. The Hall–Kier alpha value is -2.93. The van der Waals surface area contributed by atoms with Crippen LogP contribution >= 0.6 is 11.6 Å². The zero-order chi connectivity index (χ0) is 21.3. The molecule has 1 amide bonds. The van der Waals surface area contributed by atoms with E-state index in [9.17, 15) is 23.5 Å². The van der Waals surface area contributed by atoms with E-state index in [1.54, 1.807) is 13.8 Å². The first-order valence-electron chi connectivity index (χ1n) is 8.96. The standard InChI is InChI=1S/C21H19ClF2N2O3/c1-10(13-4-3-12(23)7-16(13)24)9-25-20(28)11(2)14-8-15-17(26-21(14)29)5-6-18(27)19(15)22/h3-8,10-11,27H,9H2,1-2H3,(H,25,28)(H,26,29)/t10-,11-/m1/s1. The van der Waals surface area contributed by atoms with Crippen LogP contribution in [0.1, 0.15) is 36.8 Å². The van der Waals surface area contributed by atoms with Gasteiger partial charge in [0.25, 0.3) is 5.56 Å². The number of H-pyrrole nitrogens is 1. The predicted octanol–water partition coefficient (Wildman–Crippen LogP) is 4.19. The van der Waals surface area contributed by atoms with E-state index in [1.807, 2.05) is 0 Å². The van der Waals surface area contributed by atoms with Gasteiger partial charge in [0.15, 0.2) is 0 Å². The van der Waals surface area contributed by atoms with E-state index in [0.717, 1.165) is 12.1 Å². The van der Waals surface area contributed by atoms with E-state index in [1.165, 1.54) is 24.3 Å². The lowest BCUT2D eigenvalue weighted by atomic mass is 9.98. The zero-order valence-electron chi connectivity index (χ0n) is 15.7. The molecule has 0 aliphatic heterocycles. The van der Waals surface area contributed by atoms with Gasteiger partial charge in [-0.25, -0.2) is 8.78 Å². The largest absolute Gasteiger partial charge is 0.506 e. The third-order valence-corrected chi connectivity index (χ3v) is 5.30. The number of phenols is 1. The Morgan fingerprint density at radius 1 is 1.17 bits per heavy atom. The van der Waals surface area contributed by atoms with Gasteiger partial charge in [-0.3, -0.25) is 9.59 Å². The minimum absolute atomic E-state index is 0.0769. The molecule has 3 N–H and O–H groups in total. The molecule has 0 fully saturated rings. The molecule has 0 aliphatic rings. The lowest BCUT2D eigenvalue weighted by Crippen LogP contribution is -2.33. The number of fused-ring (bicyclic) bond motifs is 1. The van der Waals surface area contributed by atoms with Crippen LogP contribution in [-0.4, -0.2) is 22.5 Å². The highest BCUT2D eigenvalue weighted by molar-refractivity contribution is 6.36. The second-order valence-corrected chi connectivity index (χ2v) is 7.33. The molecule has 1 aromatic heterocycles. The number of pyridine rings is 1. The third kappa shape index (κ3) is 4.24. The van der Waals surface area contributed by atoms with Crippen molar-refractivity contribution in [3.05, 3.63) is 74.5 Å². The number of hydrogen-bond acceptors (Lipinski definition) is 3. The summed E-state index contributed by atoms with van der Waals surface area (Å²) in [5, 5.41) is 12.9. The van der Waals surface area contributed by atoms with E-state index < -0.39 is 34.9 Å². The topological polar surface area (TPSA) is 82.2 Å². The first-order valence-corrected chi connectivity index (χ1v) is 9.34. The van der Waals surface area contributed by atoms with Crippen molar-refractivity contribution in [2.24, 2.45) is 0 Å². The normalized spacial score (nSPS) is 13.3. The number of aromatic nitrogens is 1. The fourth-order valence-corrected chi connectivity index (χ4v) is 3.35. The molecule has 3 rings (SSSR count). The molecule has 152 valence electrons. The highest BCUT2D eigenvalue weighted by Gasteiger charge is 2.21. The van der Waals surface area contributed by atoms with Gasteiger partial charge in [0.2, 0.25) is 5.91 Å². The van der Waals surface area contributed by atoms with Gasteiger partial charge in [0.05, 0.1) is 16.5 Å². The number of aromatic amines is 1. The van der Waals surface area contributed by atoms with Gasteiger partial charge in [-0.15, -0.1) is 0 Å². The van der Waals surface area contributed by atoms with Gasteiger partial charge in [-0.1, -0.05) is 24.6 Å². The Balaban J connectivity index is 1.78. The Kier molecular flexibility index (Phi) is 5.88. The summed E-state index contributed by atoms with van der Waals surface area (Å²) in [4.78, 5) is 27.6. The number of carbonyl (C=O) groups is 1. The molecule has 2 aromatic carbocycles. The van der Waals surface area contributed by atoms with Gasteiger partial charge in [-0.2, -0.15) is 0 Å². The highest BCUT2D eigenvalue weighted by Crippen LogP contribution is 2.31. The van der Waals surface area contributed by atoms with Crippen molar-refractivity contribution < 1.29 is 18.7 Å². The van der Waals surface area contributed by atoms with Crippen LogP contribution in [0.15, 0.2) is 41.2 Å². The van der Waals surface area contributed by atoms with Gasteiger partial charge in [0.1, 0.15) is 17.4 Å². The summed E-state index contributed by atoms with van der Waals surface area (Å²) < 4.78 is 26.9. The summed E-state index contributed by atoms with van der Waals surface area (Å²) in [6.45, 7) is 3.37. The van der Waals surface area contributed by atoms with Gasteiger partial charge in [-0.05, 0) is 36.8 Å². The van der Waals surface area contributed by atoms with Crippen LogP contribution in [0.2, 0.25) is 5.02 Å². The molecule has 0 saturated carbocycles. The van der Waals surface area contributed by atoms with Crippen molar-refractivity contribution in [2.45, 2.75) is 25.7 Å². The zero-order valence-corrected chi connectivity index (χ0v) is 16.5. The highest BCUT2D eigenvalue weighted by atomic mass is 35.5. The second-order valence-electron chi connectivity index (χ2n) is 6.95. The second kappa shape index (κ2) is 8.21. The molecular formula is C21H19ClF2N2O3. The number of rotatable bonds is 5. The molecule has 0 aliphatic carbocycles. The maximum Gasteiger partial charge on any atom is 0.252 e. The van der Waals surface area contributed by atoms with Crippen molar-refractivity contribution in [3.8, 4) is 5.75 Å². The van der Waals surface area contributed by atoms with Crippen LogP contribution in [0.3, 0.4) is 0 Å². The number of aromatic hydroxyl groups is 1. The van der Waals surface area contributed by atoms with Crippen molar-refractivity contribution in [3.63, 3.8) is 0 Å². The van der Waals surface area contributed by atoms with Crippen molar-refractivity contribution >= 4 is 28.4 Å². The molecule has 0 unspecified atom stereocenters. The van der Waals surface area contributed by atoms with E-state index in [0.29, 0.717) is 10.9 Å². The Morgan fingerprint density at radius 2 is 1.90 bits per heavy atom. The van der Waals surface area contributed by atoms with Crippen LogP contribution in [0.5, 0.6) is 5.75 Å². The summed E-state index contributed by atoms with van der Waals surface area (Å²) in [6.07, 6.45) is 0. The molecule has 8 heteroatoms. The Labute approximate surface area is 170 Å². The molecule has 5 nitrogen and oxygen atoms in total. The third-order valence-electron chi connectivity index (χ3n) is 4.91. The SMILES string of the molecule is C[C@H](CNC(=O)[C@H](C)c1cc2c(Cl)c(O)ccc2[nH]c1=O)c1ccc(F)cc1F. The van der Waals surface area contributed by atoms with Crippen LogP contribution in [0.4, 0.5) is 8.78 Å². The van der Waals surface area contributed by atoms with E-state index in [4.69, 9.17) is 11.6 Å². The predicted molar refractivity (Wildman–Crippen MR) is 107 cm³/mol. The van der Waals surface area contributed by atoms with Gasteiger partial charge in [0, 0.05) is 29.5 Å². The number of carbonyl (C=O) groups excluding carboxylic acids is 1. The number of benzene rings is 2. The summed E-state index contributed by atoms with van der Waals surface area (Å²) in [7, 11) is 0. The van der Waals surface area contributed by atoms with Crippen molar-refractivity contribution in [2.75, 3.05) is 6.54 Å². The summed E-state index contributed by atoms with van der Waals surface area (Å²) >= 11 is 6.10. The van der Waals surface area contributed by atoms with E-state index in [2.05, 4.69) is 10.3 Å². The van der Waals surface area contributed by atoms with Crippen molar-refractivity contribution in [1.29, 1.82) is 0 Å². The first-order chi connectivity index (χ1) is 13.7. The maximum atomic E-state index is 13.9. The molecule has 3 aromatic rings. The molecule has 0 bridgehead atoms. The Morgan fingerprint density at radius 3 is 2.59 bits per heavy atom. The molecule has 29 heavy (non-hydrogen) atoms. The maximum absolute atomic E-state index is 13.9. The summed E-state index contributed by atoms with van der Waals surface area (Å²) in [6, 6.07) is 7.66. The van der Waals surface area contributed by atoms with Crippen LogP contribution in [0.25, 0.3) is 10.9 Å². The number of amides is 1. The minimum Gasteiger partial charge on any atom is -0.506 e. The monoisotopic (exact) mass is 420 g/mol. The van der Waals surface area contributed by atoms with E-state index in [-0.39, 0.29) is 28.4 Å². The molecule has 2 atom stereocenters. The smallest absolute Gasteiger partial charge is 0.252 e. The lowest BCUT2D eigenvalue weighted by molar-refractivity contribution is -0.122. The average molecular weight is 421 g/mol. The van der Waals surface area contributed by atoms with Crippen molar-refractivity contribution in [1.82, 2.24) is 10.3 Å². The fourth-order valence-electron chi connectivity index (χ4n) is 3.13. The van der Waals surface area contributed by atoms with Crippen LogP contribution in [0, 0.1) is 11.6 Å². The molecule has 0 saturated heterocycles. The minimum atomic E-state index is -0.813. The molecular weight excluding hydrogens is 402 g/mol. The first kappa shape index (κ1) is 20.8. The number of nitrogens with one attached hydrogen (secondary N) is 2. The number of halogens is 3. The van der Waals surface area contributed by atoms with Crippen LogP contribution < -0.4 is 10.9 Å².